The van der Waals surface area contributed by atoms with Crippen molar-refractivity contribution in [3.05, 3.63) is 33.7 Å². The maximum Gasteiger partial charge on any atom is 0.286 e. The molecule has 0 aliphatic carbocycles. The Labute approximate surface area is 136 Å². The van der Waals surface area contributed by atoms with Crippen LogP contribution in [0, 0.1) is 12.3 Å². The number of terminal acetylenes is 1. The molecule has 1 aliphatic heterocycles. The lowest BCUT2D eigenvalue weighted by atomic mass is 10.2. The van der Waals surface area contributed by atoms with Gasteiger partial charge in [0.1, 0.15) is 12.4 Å². The highest BCUT2D eigenvalue weighted by Crippen LogP contribution is 2.30. The van der Waals surface area contributed by atoms with E-state index in [2.05, 4.69) is 16.2 Å². The molecule has 0 radical (unpaired) electrons. The van der Waals surface area contributed by atoms with Crippen LogP contribution in [0.25, 0.3) is 6.08 Å². The van der Waals surface area contributed by atoms with Crippen LogP contribution in [0.2, 0.25) is 5.02 Å². The second-order valence-corrected chi connectivity index (χ2v) is 5.63. The van der Waals surface area contributed by atoms with E-state index in [4.69, 9.17) is 22.8 Å². The average molecular weight is 335 g/mol. The molecule has 5 nitrogen and oxygen atoms in total. The SMILES string of the molecule is C#CCOc1ccc(/C=C2/SC(NC(C)=O)=NC2=O)cc1Cl. The van der Waals surface area contributed by atoms with E-state index in [1.165, 1.54) is 6.92 Å². The summed E-state index contributed by atoms with van der Waals surface area (Å²) in [4.78, 5) is 26.9. The lowest BCUT2D eigenvalue weighted by Gasteiger charge is -2.05. The third-order valence-electron chi connectivity index (χ3n) is 2.47. The number of carbonyl (C=O) groups excluding carboxylic acids is 2. The van der Waals surface area contributed by atoms with Gasteiger partial charge in [0.2, 0.25) is 5.91 Å². The van der Waals surface area contributed by atoms with E-state index in [1.807, 2.05) is 0 Å². The molecule has 0 atom stereocenters. The molecule has 0 aromatic heterocycles. The molecule has 1 N–H and O–H groups in total. The highest BCUT2D eigenvalue weighted by atomic mass is 35.5. The van der Waals surface area contributed by atoms with Gasteiger partial charge in [0.15, 0.2) is 5.17 Å². The van der Waals surface area contributed by atoms with Crippen molar-refractivity contribution in [2.24, 2.45) is 4.99 Å². The number of halogens is 1. The molecular formula is C15H11ClN2O3S. The number of nitrogens with zero attached hydrogens (tertiary/aromatic N) is 1. The lowest BCUT2D eigenvalue weighted by Crippen LogP contribution is -2.23. The van der Waals surface area contributed by atoms with Gasteiger partial charge in [-0.2, -0.15) is 4.99 Å². The first-order valence-electron chi connectivity index (χ1n) is 6.15. The largest absolute Gasteiger partial charge is 0.479 e. The summed E-state index contributed by atoms with van der Waals surface area (Å²) in [6.45, 7) is 1.48. The molecule has 2 amide bonds. The minimum Gasteiger partial charge on any atom is -0.479 e. The number of benzene rings is 1. The van der Waals surface area contributed by atoms with Gasteiger partial charge in [-0.05, 0) is 35.5 Å². The molecule has 2 rings (SSSR count). The molecule has 0 spiro atoms. The summed E-state index contributed by atoms with van der Waals surface area (Å²) in [5.41, 5.74) is 0.716. The standard InChI is InChI=1S/C15H11ClN2O3S/c1-3-6-21-12-5-4-10(7-11(12)16)8-13-14(20)18-15(22-13)17-9(2)19/h1,4-5,7-8H,6H2,2H3,(H,17,18,19,20)/b13-8+. The first-order chi connectivity index (χ1) is 10.5. The van der Waals surface area contributed by atoms with Crippen LogP contribution in [0.1, 0.15) is 12.5 Å². The van der Waals surface area contributed by atoms with Crippen molar-refractivity contribution in [2.45, 2.75) is 6.92 Å². The number of amides is 2. The molecule has 7 heteroatoms. The first kappa shape index (κ1) is 16.1. The number of ether oxygens (including phenoxy) is 1. The molecule has 112 valence electrons. The van der Waals surface area contributed by atoms with Gasteiger partial charge in [-0.25, -0.2) is 0 Å². The van der Waals surface area contributed by atoms with Crippen LogP contribution >= 0.6 is 23.4 Å². The van der Waals surface area contributed by atoms with Gasteiger partial charge in [-0.15, -0.1) is 6.42 Å². The summed E-state index contributed by atoms with van der Waals surface area (Å²) in [6, 6.07) is 5.07. The molecule has 1 aliphatic rings. The third kappa shape index (κ3) is 4.13. The Hall–Kier alpha value is -2.23. The molecule has 1 aromatic rings. The van der Waals surface area contributed by atoms with Gasteiger partial charge >= 0.3 is 0 Å². The fourth-order valence-corrected chi connectivity index (χ4v) is 2.71. The van der Waals surface area contributed by atoms with Crippen molar-refractivity contribution < 1.29 is 14.3 Å². The number of nitrogens with one attached hydrogen (secondary N) is 1. The first-order valence-corrected chi connectivity index (χ1v) is 7.35. The van der Waals surface area contributed by atoms with Crippen molar-refractivity contribution in [1.82, 2.24) is 5.32 Å². The van der Waals surface area contributed by atoms with E-state index in [0.29, 0.717) is 21.2 Å². The van der Waals surface area contributed by atoms with Crippen LogP contribution in [0.3, 0.4) is 0 Å². The topological polar surface area (TPSA) is 67.8 Å². The Bertz CT molecular complexity index is 735. The molecule has 22 heavy (non-hydrogen) atoms. The van der Waals surface area contributed by atoms with E-state index in [-0.39, 0.29) is 17.7 Å². The summed E-state index contributed by atoms with van der Waals surface area (Å²) in [5.74, 6) is 2.14. The lowest BCUT2D eigenvalue weighted by molar-refractivity contribution is -0.117. The highest BCUT2D eigenvalue weighted by Gasteiger charge is 2.22. The number of amidine groups is 1. The van der Waals surface area contributed by atoms with Crippen LogP contribution in [0.4, 0.5) is 0 Å². The van der Waals surface area contributed by atoms with Gasteiger partial charge in [0, 0.05) is 6.92 Å². The van der Waals surface area contributed by atoms with Gasteiger partial charge in [-0.3, -0.25) is 9.59 Å². The smallest absolute Gasteiger partial charge is 0.286 e. The molecular weight excluding hydrogens is 324 g/mol. The Kier molecular flexibility index (Phi) is 5.26. The Morgan fingerprint density at radius 2 is 2.36 bits per heavy atom. The summed E-state index contributed by atoms with van der Waals surface area (Å²) < 4.78 is 5.26. The van der Waals surface area contributed by atoms with Gasteiger partial charge in [0.05, 0.1) is 9.93 Å². The molecule has 0 saturated heterocycles. The summed E-state index contributed by atoms with van der Waals surface area (Å²) in [6.07, 6.45) is 6.76. The molecule has 0 bridgehead atoms. The monoisotopic (exact) mass is 334 g/mol. The Morgan fingerprint density at radius 1 is 1.59 bits per heavy atom. The van der Waals surface area contributed by atoms with E-state index < -0.39 is 5.91 Å². The van der Waals surface area contributed by atoms with Crippen LogP contribution in [0.15, 0.2) is 28.1 Å². The average Bonchev–Trinajstić information content (AvgIpc) is 2.77. The molecule has 0 saturated carbocycles. The Morgan fingerprint density at radius 3 is 3.00 bits per heavy atom. The van der Waals surface area contributed by atoms with Crippen LogP contribution in [-0.2, 0) is 9.59 Å². The maximum atomic E-state index is 11.8. The normalized spacial score (nSPS) is 15.4. The number of carbonyl (C=O) groups is 2. The number of hydrogen-bond donors (Lipinski definition) is 1. The fourth-order valence-electron chi connectivity index (χ4n) is 1.61. The minimum absolute atomic E-state index is 0.127. The number of rotatable bonds is 3. The maximum absolute atomic E-state index is 11.8. The Balaban J connectivity index is 2.14. The number of thioether (sulfide) groups is 1. The van der Waals surface area contributed by atoms with E-state index in [0.717, 1.165) is 11.8 Å². The molecule has 1 aromatic carbocycles. The zero-order valence-corrected chi connectivity index (χ0v) is 13.1. The zero-order valence-electron chi connectivity index (χ0n) is 11.6. The highest BCUT2D eigenvalue weighted by molar-refractivity contribution is 8.18. The van der Waals surface area contributed by atoms with Crippen molar-refractivity contribution in [1.29, 1.82) is 0 Å². The summed E-state index contributed by atoms with van der Waals surface area (Å²) >= 11 is 7.18. The van der Waals surface area contributed by atoms with Crippen LogP contribution < -0.4 is 10.1 Å². The van der Waals surface area contributed by atoms with Gasteiger partial charge in [0.25, 0.3) is 5.91 Å². The second kappa shape index (κ2) is 7.16. The summed E-state index contributed by atoms with van der Waals surface area (Å²) in [5, 5.41) is 3.14. The minimum atomic E-state index is -0.405. The molecule has 1 heterocycles. The number of hydrogen-bond acceptors (Lipinski definition) is 4. The van der Waals surface area contributed by atoms with Gasteiger partial charge < -0.3 is 10.1 Å². The van der Waals surface area contributed by atoms with Crippen molar-refractivity contribution in [3.8, 4) is 18.1 Å². The second-order valence-electron chi connectivity index (χ2n) is 4.20. The molecule has 0 fully saturated rings. The molecule has 0 unspecified atom stereocenters. The zero-order chi connectivity index (χ0) is 16.1. The fraction of sp³-hybridized carbons (Fsp3) is 0.133. The van der Waals surface area contributed by atoms with Crippen LogP contribution in [0.5, 0.6) is 5.75 Å². The number of aliphatic imine (C=N–C) groups is 1. The van der Waals surface area contributed by atoms with E-state index in [1.54, 1.807) is 24.3 Å². The third-order valence-corrected chi connectivity index (χ3v) is 3.66. The predicted molar refractivity (Wildman–Crippen MR) is 87.6 cm³/mol. The quantitative estimate of drug-likeness (QED) is 0.681. The van der Waals surface area contributed by atoms with Crippen molar-refractivity contribution in [2.75, 3.05) is 6.61 Å². The van der Waals surface area contributed by atoms with Crippen molar-refractivity contribution >= 4 is 46.4 Å². The van der Waals surface area contributed by atoms with E-state index in [9.17, 15) is 9.59 Å². The predicted octanol–water partition coefficient (Wildman–Crippen LogP) is 2.46. The van der Waals surface area contributed by atoms with Crippen LogP contribution in [-0.4, -0.2) is 23.6 Å². The van der Waals surface area contributed by atoms with E-state index >= 15 is 0 Å². The van der Waals surface area contributed by atoms with Crippen molar-refractivity contribution in [3.63, 3.8) is 0 Å². The summed E-state index contributed by atoms with van der Waals surface area (Å²) in [7, 11) is 0. The van der Waals surface area contributed by atoms with Gasteiger partial charge in [-0.1, -0.05) is 23.6 Å².